The van der Waals surface area contributed by atoms with E-state index < -0.39 is 0 Å². The second-order valence-corrected chi connectivity index (χ2v) is 4.52. The number of carbonyl (C=O) groups is 1. The lowest BCUT2D eigenvalue weighted by molar-refractivity contribution is 0.0473. The van der Waals surface area contributed by atoms with Gasteiger partial charge < -0.3 is 4.74 Å². The predicted molar refractivity (Wildman–Crippen MR) is 72.0 cm³/mol. The summed E-state index contributed by atoms with van der Waals surface area (Å²) in [6.45, 7) is 0.104. The molecule has 18 heavy (non-hydrogen) atoms. The highest BCUT2D eigenvalue weighted by Crippen LogP contribution is 2.21. The van der Waals surface area contributed by atoms with E-state index in [4.69, 9.17) is 27.9 Å². The third-order valence-electron chi connectivity index (χ3n) is 2.38. The van der Waals surface area contributed by atoms with Gasteiger partial charge in [-0.1, -0.05) is 41.4 Å². The summed E-state index contributed by atoms with van der Waals surface area (Å²) in [5.41, 5.74) is 1.20. The van der Waals surface area contributed by atoms with Gasteiger partial charge in [-0.05, 0) is 30.3 Å². The fraction of sp³-hybridized carbons (Fsp3) is 0.0714. The van der Waals surface area contributed by atoms with E-state index in [2.05, 4.69) is 0 Å². The van der Waals surface area contributed by atoms with Gasteiger partial charge >= 0.3 is 5.97 Å². The van der Waals surface area contributed by atoms with Crippen molar-refractivity contribution >= 4 is 29.2 Å². The van der Waals surface area contributed by atoms with Crippen LogP contribution in [0.3, 0.4) is 0 Å². The lowest BCUT2D eigenvalue weighted by atomic mass is 10.2. The molecule has 0 N–H and O–H groups in total. The molecule has 0 aliphatic rings. The van der Waals surface area contributed by atoms with Gasteiger partial charge in [-0.2, -0.15) is 0 Å². The quantitative estimate of drug-likeness (QED) is 0.782. The number of carbonyl (C=O) groups excluding carboxylic acids is 1. The van der Waals surface area contributed by atoms with Crippen LogP contribution in [0.1, 0.15) is 15.9 Å². The van der Waals surface area contributed by atoms with Crippen LogP contribution in [0.4, 0.5) is 0 Å². The van der Waals surface area contributed by atoms with Crippen LogP contribution < -0.4 is 0 Å². The molecule has 0 bridgehead atoms. The van der Waals surface area contributed by atoms with E-state index in [0.717, 1.165) is 0 Å². The second-order valence-electron chi connectivity index (χ2n) is 3.68. The van der Waals surface area contributed by atoms with Crippen LogP contribution in [-0.4, -0.2) is 5.97 Å². The first-order valence-corrected chi connectivity index (χ1v) is 6.08. The third-order valence-corrected chi connectivity index (χ3v) is 2.98. The molecule has 0 aliphatic heterocycles. The number of hydrogen-bond acceptors (Lipinski definition) is 2. The van der Waals surface area contributed by atoms with E-state index >= 15 is 0 Å². The van der Waals surface area contributed by atoms with Gasteiger partial charge in [0.15, 0.2) is 0 Å². The van der Waals surface area contributed by atoms with Crippen LogP contribution in [0, 0.1) is 0 Å². The minimum absolute atomic E-state index is 0.104. The largest absolute Gasteiger partial charge is 0.457 e. The van der Waals surface area contributed by atoms with Crippen LogP contribution in [0.5, 0.6) is 0 Å². The molecular weight excluding hydrogens is 271 g/mol. The van der Waals surface area contributed by atoms with Crippen molar-refractivity contribution in [3.8, 4) is 0 Å². The maximum atomic E-state index is 11.7. The summed E-state index contributed by atoms with van der Waals surface area (Å²) in [4.78, 5) is 11.7. The number of esters is 1. The minimum Gasteiger partial charge on any atom is -0.457 e. The fourth-order valence-corrected chi connectivity index (χ4v) is 1.82. The highest BCUT2D eigenvalue weighted by atomic mass is 35.5. The molecule has 2 nitrogen and oxygen atoms in total. The van der Waals surface area contributed by atoms with E-state index in [9.17, 15) is 4.79 Å². The van der Waals surface area contributed by atoms with Crippen LogP contribution in [-0.2, 0) is 11.3 Å². The first-order chi connectivity index (χ1) is 8.66. The third kappa shape index (κ3) is 3.25. The fourth-order valence-electron chi connectivity index (χ4n) is 1.45. The van der Waals surface area contributed by atoms with Crippen molar-refractivity contribution in [2.45, 2.75) is 6.61 Å². The van der Waals surface area contributed by atoms with E-state index in [0.29, 0.717) is 21.2 Å². The zero-order chi connectivity index (χ0) is 13.0. The van der Waals surface area contributed by atoms with Crippen molar-refractivity contribution in [1.29, 1.82) is 0 Å². The van der Waals surface area contributed by atoms with Crippen LogP contribution in [0.2, 0.25) is 10.0 Å². The van der Waals surface area contributed by atoms with Crippen molar-refractivity contribution in [3.05, 3.63) is 69.7 Å². The number of ether oxygens (including phenoxy) is 1. The highest BCUT2D eigenvalue weighted by molar-refractivity contribution is 6.33. The molecule has 0 amide bonds. The Kier molecular flexibility index (Phi) is 4.24. The molecule has 2 aromatic carbocycles. The van der Waals surface area contributed by atoms with Gasteiger partial charge in [0.25, 0.3) is 0 Å². The first-order valence-electron chi connectivity index (χ1n) is 5.33. The summed E-state index contributed by atoms with van der Waals surface area (Å²) in [6, 6.07) is 13.8. The summed E-state index contributed by atoms with van der Waals surface area (Å²) in [5, 5.41) is 1.09. The van der Waals surface area contributed by atoms with Gasteiger partial charge in [-0.25, -0.2) is 4.79 Å². The molecule has 0 heterocycles. The van der Waals surface area contributed by atoms with E-state index in [-0.39, 0.29) is 12.6 Å². The molecule has 2 aromatic rings. The number of halogens is 2. The van der Waals surface area contributed by atoms with Crippen LogP contribution in [0.15, 0.2) is 48.5 Å². The van der Waals surface area contributed by atoms with E-state index in [1.54, 1.807) is 42.5 Å². The molecule has 0 saturated heterocycles. The molecule has 4 heteroatoms. The van der Waals surface area contributed by atoms with Gasteiger partial charge in [-0.15, -0.1) is 0 Å². The summed E-state index contributed by atoms with van der Waals surface area (Å²) in [6.07, 6.45) is 0. The molecule has 0 spiro atoms. The molecule has 92 valence electrons. The van der Waals surface area contributed by atoms with Crippen molar-refractivity contribution < 1.29 is 9.53 Å². The van der Waals surface area contributed by atoms with Crippen molar-refractivity contribution in [1.82, 2.24) is 0 Å². The van der Waals surface area contributed by atoms with Crippen molar-refractivity contribution in [3.63, 3.8) is 0 Å². The molecule has 0 unspecified atom stereocenters. The standard InChI is InChI=1S/C14H10Cl2O2/c15-12-6-7-13(16)11(8-12)9-18-14(17)10-4-2-1-3-5-10/h1-8H,9H2. The zero-order valence-electron chi connectivity index (χ0n) is 9.40. The zero-order valence-corrected chi connectivity index (χ0v) is 10.9. The van der Waals surface area contributed by atoms with E-state index in [1.165, 1.54) is 0 Å². The summed E-state index contributed by atoms with van der Waals surface area (Å²) >= 11 is 11.8. The Morgan fingerprint density at radius 3 is 2.50 bits per heavy atom. The first kappa shape index (κ1) is 12.9. The van der Waals surface area contributed by atoms with Gasteiger partial charge in [0.2, 0.25) is 0 Å². The Morgan fingerprint density at radius 2 is 1.78 bits per heavy atom. The SMILES string of the molecule is O=C(OCc1cc(Cl)ccc1Cl)c1ccccc1. The normalized spacial score (nSPS) is 10.1. The maximum Gasteiger partial charge on any atom is 0.338 e. The molecule has 0 saturated carbocycles. The summed E-state index contributed by atoms with van der Waals surface area (Å²) < 4.78 is 5.17. The lowest BCUT2D eigenvalue weighted by Crippen LogP contribution is -2.05. The Bertz CT molecular complexity index is 553. The average Bonchev–Trinajstić information content (AvgIpc) is 2.40. The van der Waals surface area contributed by atoms with Crippen LogP contribution in [0.25, 0.3) is 0 Å². The Morgan fingerprint density at radius 1 is 1.06 bits per heavy atom. The van der Waals surface area contributed by atoms with E-state index in [1.807, 2.05) is 6.07 Å². The maximum absolute atomic E-state index is 11.7. The Labute approximate surface area is 115 Å². The molecular formula is C14H10Cl2O2. The van der Waals surface area contributed by atoms with Gasteiger partial charge in [-0.3, -0.25) is 0 Å². The Balaban J connectivity index is 2.04. The molecule has 0 radical (unpaired) electrons. The van der Waals surface area contributed by atoms with Crippen molar-refractivity contribution in [2.75, 3.05) is 0 Å². The second kappa shape index (κ2) is 5.89. The molecule has 0 atom stereocenters. The Hall–Kier alpha value is -1.51. The smallest absolute Gasteiger partial charge is 0.338 e. The average molecular weight is 281 g/mol. The predicted octanol–water partition coefficient (Wildman–Crippen LogP) is 4.35. The summed E-state index contributed by atoms with van der Waals surface area (Å²) in [7, 11) is 0. The molecule has 0 aliphatic carbocycles. The molecule has 2 rings (SSSR count). The van der Waals surface area contributed by atoms with Crippen molar-refractivity contribution in [2.24, 2.45) is 0 Å². The highest BCUT2D eigenvalue weighted by Gasteiger charge is 2.08. The topological polar surface area (TPSA) is 26.3 Å². The summed E-state index contributed by atoms with van der Waals surface area (Å²) in [5.74, 6) is -0.383. The lowest BCUT2D eigenvalue weighted by Gasteiger charge is -2.07. The minimum atomic E-state index is -0.383. The molecule has 0 fully saturated rings. The van der Waals surface area contributed by atoms with Gasteiger partial charge in [0.1, 0.15) is 6.61 Å². The number of benzene rings is 2. The number of rotatable bonds is 3. The van der Waals surface area contributed by atoms with Gasteiger partial charge in [0.05, 0.1) is 5.56 Å². The van der Waals surface area contributed by atoms with Crippen LogP contribution >= 0.6 is 23.2 Å². The molecule has 0 aromatic heterocycles. The monoisotopic (exact) mass is 280 g/mol. The van der Waals surface area contributed by atoms with Gasteiger partial charge in [0, 0.05) is 15.6 Å². The number of hydrogen-bond donors (Lipinski definition) is 0.